The molecule has 0 spiro atoms. The number of carbonyl (C=O) groups is 3. The molecule has 0 aromatic rings. The van der Waals surface area contributed by atoms with Gasteiger partial charge in [-0.3, -0.25) is 14.4 Å². The van der Waals surface area contributed by atoms with Crippen molar-refractivity contribution in [3.63, 3.8) is 0 Å². The molecule has 0 aliphatic carbocycles. The second-order valence-corrected chi connectivity index (χ2v) is 17.4. The summed E-state index contributed by atoms with van der Waals surface area (Å²) in [5.41, 5.74) is 0. The van der Waals surface area contributed by atoms with Gasteiger partial charge in [-0.25, -0.2) is 0 Å². The fourth-order valence-electron chi connectivity index (χ4n) is 7.13. The van der Waals surface area contributed by atoms with Gasteiger partial charge in [0.2, 0.25) is 0 Å². The first-order valence-electron chi connectivity index (χ1n) is 26.7. The first kappa shape index (κ1) is 61.3. The van der Waals surface area contributed by atoms with Gasteiger partial charge in [-0.05, 0) is 96.3 Å². The fourth-order valence-corrected chi connectivity index (χ4v) is 7.13. The van der Waals surface area contributed by atoms with Crippen molar-refractivity contribution in [3.8, 4) is 0 Å². The zero-order valence-corrected chi connectivity index (χ0v) is 42.2. The molecule has 0 aromatic carbocycles. The Morgan fingerprint density at radius 1 is 0.323 bits per heavy atom. The van der Waals surface area contributed by atoms with Gasteiger partial charge in [0.1, 0.15) is 13.2 Å². The maximum absolute atomic E-state index is 12.7. The molecule has 0 heterocycles. The van der Waals surface area contributed by atoms with Gasteiger partial charge in [0, 0.05) is 19.3 Å². The second-order valence-electron chi connectivity index (χ2n) is 17.4. The maximum Gasteiger partial charge on any atom is 0.306 e. The SMILES string of the molecule is CC/C=C\C/C=C\C/C=C\C/C=C\C/C=C\CCCCCCCCCCCCCCCC(=O)OCC(COC(=O)CCCCCCC)OC(=O)CCCCC/C=C\C/C=C\C/C=C\CC. The topological polar surface area (TPSA) is 78.9 Å². The molecule has 1 atom stereocenters. The summed E-state index contributed by atoms with van der Waals surface area (Å²) in [6.45, 7) is 6.29. The number of rotatable bonds is 47. The quantitative estimate of drug-likeness (QED) is 0.0262. The predicted octanol–water partition coefficient (Wildman–Crippen LogP) is 17.8. The van der Waals surface area contributed by atoms with Crippen molar-refractivity contribution in [1.29, 1.82) is 0 Å². The minimum Gasteiger partial charge on any atom is -0.462 e. The monoisotopic (exact) mass is 903 g/mol. The van der Waals surface area contributed by atoms with Gasteiger partial charge in [0.05, 0.1) is 0 Å². The lowest BCUT2D eigenvalue weighted by Gasteiger charge is -2.18. The second kappa shape index (κ2) is 52.9. The molecule has 0 rings (SSSR count). The van der Waals surface area contributed by atoms with Gasteiger partial charge in [0.25, 0.3) is 0 Å². The summed E-state index contributed by atoms with van der Waals surface area (Å²) in [4.78, 5) is 37.6. The Balaban J connectivity index is 4.05. The maximum atomic E-state index is 12.7. The van der Waals surface area contributed by atoms with E-state index in [-0.39, 0.29) is 31.1 Å². The largest absolute Gasteiger partial charge is 0.462 e. The van der Waals surface area contributed by atoms with Crippen molar-refractivity contribution in [2.75, 3.05) is 13.2 Å². The van der Waals surface area contributed by atoms with Crippen molar-refractivity contribution < 1.29 is 28.6 Å². The summed E-state index contributed by atoms with van der Waals surface area (Å²) in [7, 11) is 0. The van der Waals surface area contributed by atoms with Crippen LogP contribution in [0.2, 0.25) is 0 Å². The first-order chi connectivity index (χ1) is 32.0. The molecule has 0 N–H and O–H groups in total. The molecule has 0 aliphatic heterocycles. The smallest absolute Gasteiger partial charge is 0.306 e. The Labute approximate surface area is 400 Å². The number of carbonyl (C=O) groups excluding carboxylic acids is 3. The first-order valence-corrected chi connectivity index (χ1v) is 26.7. The minimum absolute atomic E-state index is 0.0897. The number of allylic oxidation sites excluding steroid dienone is 16. The molecule has 65 heavy (non-hydrogen) atoms. The van der Waals surface area contributed by atoms with Crippen LogP contribution in [-0.2, 0) is 28.6 Å². The number of hydrogen-bond acceptors (Lipinski definition) is 6. The summed E-state index contributed by atoms with van der Waals surface area (Å²) in [6, 6.07) is 0. The van der Waals surface area contributed by atoms with Crippen LogP contribution >= 0.6 is 0 Å². The molecule has 6 heteroatoms. The molecule has 6 nitrogen and oxygen atoms in total. The Morgan fingerprint density at radius 3 is 0.954 bits per heavy atom. The summed E-state index contributed by atoms with van der Waals surface area (Å²) < 4.78 is 16.6. The zero-order valence-electron chi connectivity index (χ0n) is 42.2. The van der Waals surface area contributed by atoms with Crippen LogP contribution in [0.1, 0.15) is 239 Å². The van der Waals surface area contributed by atoms with E-state index in [0.29, 0.717) is 19.3 Å². The summed E-state index contributed by atoms with van der Waals surface area (Å²) in [6.07, 6.45) is 70.2. The molecule has 0 bridgehead atoms. The van der Waals surface area contributed by atoms with Crippen molar-refractivity contribution >= 4 is 17.9 Å². The van der Waals surface area contributed by atoms with Gasteiger partial charge < -0.3 is 14.2 Å². The lowest BCUT2D eigenvalue weighted by molar-refractivity contribution is -0.167. The molecule has 0 aromatic heterocycles. The molecule has 0 saturated heterocycles. The summed E-state index contributed by atoms with van der Waals surface area (Å²) >= 11 is 0. The van der Waals surface area contributed by atoms with Crippen LogP contribution in [0.15, 0.2) is 97.2 Å². The van der Waals surface area contributed by atoms with Gasteiger partial charge >= 0.3 is 17.9 Å². The van der Waals surface area contributed by atoms with Crippen LogP contribution in [0.5, 0.6) is 0 Å². The minimum atomic E-state index is -0.788. The third kappa shape index (κ3) is 51.2. The normalized spacial score (nSPS) is 12.8. The van der Waals surface area contributed by atoms with Gasteiger partial charge in [-0.15, -0.1) is 0 Å². The molecule has 1 unspecified atom stereocenters. The van der Waals surface area contributed by atoms with E-state index in [0.717, 1.165) is 122 Å². The Kier molecular flexibility index (Phi) is 50.0. The van der Waals surface area contributed by atoms with Crippen LogP contribution in [0.25, 0.3) is 0 Å². The molecule has 0 radical (unpaired) electrons. The van der Waals surface area contributed by atoms with Crippen LogP contribution in [0, 0.1) is 0 Å². The Bertz CT molecular complexity index is 1310. The van der Waals surface area contributed by atoms with Gasteiger partial charge in [-0.1, -0.05) is 221 Å². The average molecular weight is 903 g/mol. The Hall–Kier alpha value is -3.67. The molecular weight excluding hydrogens is 805 g/mol. The van der Waals surface area contributed by atoms with E-state index in [1.807, 2.05) is 0 Å². The molecule has 0 aliphatic rings. The van der Waals surface area contributed by atoms with E-state index in [1.54, 1.807) is 0 Å². The molecule has 0 fully saturated rings. The van der Waals surface area contributed by atoms with Crippen molar-refractivity contribution in [2.45, 2.75) is 245 Å². The van der Waals surface area contributed by atoms with E-state index in [9.17, 15) is 14.4 Å². The lowest BCUT2D eigenvalue weighted by Crippen LogP contribution is -2.30. The van der Waals surface area contributed by atoms with E-state index in [2.05, 4.69) is 118 Å². The highest BCUT2D eigenvalue weighted by atomic mass is 16.6. The number of ether oxygens (including phenoxy) is 3. The van der Waals surface area contributed by atoms with E-state index in [4.69, 9.17) is 14.2 Å². The summed E-state index contributed by atoms with van der Waals surface area (Å²) in [5.74, 6) is -0.937. The fraction of sp³-hybridized carbons (Fsp3) is 0.678. The number of hydrogen-bond donors (Lipinski definition) is 0. The molecular formula is C59H98O6. The standard InChI is InChI=1S/C59H98O6/c1-4-7-10-13-15-17-19-21-22-23-24-25-26-27-28-29-30-31-32-33-34-35-36-38-39-41-43-46-49-52-58(61)64-55-56(54-63-57(60)51-48-45-12-9-6-3)65-59(62)53-50-47-44-42-40-37-20-18-16-14-11-8-5-2/h7-8,10-11,15-18,21-22,24-25,27-28,37,40,56H,4-6,9,12-14,19-20,23,26,29-36,38-39,41-55H2,1-3H3/b10-7-,11-8-,17-15-,18-16-,22-21-,25-24-,28-27-,40-37-. The van der Waals surface area contributed by atoms with Gasteiger partial charge in [0.15, 0.2) is 6.10 Å². The highest BCUT2D eigenvalue weighted by molar-refractivity contribution is 5.71. The van der Waals surface area contributed by atoms with Crippen molar-refractivity contribution in [1.82, 2.24) is 0 Å². The van der Waals surface area contributed by atoms with E-state index >= 15 is 0 Å². The van der Waals surface area contributed by atoms with Crippen LogP contribution in [0.3, 0.4) is 0 Å². The third-order valence-corrected chi connectivity index (χ3v) is 11.1. The zero-order chi connectivity index (χ0) is 47.2. The average Bonchev–Trinajstić information content (AvgIpc) is 3.30. The number of unbranched alkanes of at least 4 members (excludes halogenated alkanes) is 20. The van der Waals surface area contributed by atoms with Gasteiger partial charge in [-0.2, -0.15) is 0 Å². The van der Waals surface area contributed by atoms with Crippen molar-refractivity contribution in [2.24, 2.45) is 0 Å². The van der Waals surface area contributed by atoms with Crippen LogP contribution in [0.4, 0.5) is 0 Å². The lowest BCUT2D eigenvalue weighted by atomic mass is 10.0. The summed E-state index contributed by atoms with van der Waals surface area (Å²) in [5, 5.41) is 0. The van der Waals surface area contributed by atoms with E-state index < -0.39 is 6.10 Å². The Morgan fingerprint density at radius 2 is 0.600 bits per heavy atom. The molecule has 0 amide bonds. The predicted molar refractivity (Wildman–Crippen MR) is 279 cm³/mol. The third-order valence-electron chi connectivity index (χ3n) is 11.1. The number of esters is 3. The molecule has 0 saturated carbocycles. The molecule has 370 valence electrons. The van der Waals surface area contributed by atoms with Crippen LogP contribution in [-0.4, -0.2) is 37.2 Å². The van der Waals surface area contributed by atoms with Crippen LogP contribution < -0.4 is 0 Å². The van der Waals surface area contributed by atoms with Crippen molar-refractivity contribution in [3.05, 3.63) is 97.2 Å². The highest BCUT2D eigenvalue weighted by Crippen LogP contribution is 2.15. The van der Waals surface area contributed by atoms with E-state index in [1.165, 1.54) is 77.0 Å². The highest BCUT2D eigenvalue weighted by Gasteiger charge is 2.19.